The third-order valence-electron chi connectivity index (χ3n) is 5.98. The van der Waals surface area contributed by atoms with Crippen molar-refractivity contribution >= 4 is 12.1 Å². The minimum absolute atomic E-state index is 0.0822. The molecule has 9 nitrogen and oxygen atoms in total. The monoisotopic (exact) mass is 459 g/mol. The highest BCUT2D eigenvalue weighted by molar-refractivity contribution is 5.81. The average Bonchev–Trinajstić information content (AvgIpc) is 3.41. The number of nitriles is 1. The second-order valence-electron chi connectivity index (χ2n) is 8.12. The molecule has 1 aliphatic rings. The number of hydrogen-bond acceptors (Lipinski definition) is 6. The van der Waals surface area contributed by atoms with Crippen LogP contribution in [0.4, 0.5) is 4.79 Å². The molecule has 174 valence electrons. The summed E-state index contributed by atoms with van der Waals surface area (Å²) in [6.45, 7) is 0.909. The Morgan fingerprint density at radius 2 is 1.91 bits per heavy atom. The van der Waals surface area contributed by atoms with Gasteiger partial charge in [-0.1, -0.05) is 42.5 Å². The number of hydrogen-bond donors (Lipinski definition) is 2. The third kappa shape index (κ3) is 5.42. The molecule has 4 rings (SSSR count). The fourth-order valence-electron chi connectivity index (χ4n) is 4.17. The van der Waals surface area contributed by atoms with Gasteiger partial charge in [0.25, 0.3) is 0 Å². The Hall–Kier alpha value is -4.16. The zero-order valence-electron chi connectivity index (χ0n) is 18.5. The molecule has 2 atom stereocenters. The molecule has 1 aliphatic heterocycles. The van der Waals surface area contributed by atoms with E-state index in [9.17, 15) is 14.7 Å². The molecule has 2 unspecified atom stereocenters. The van der Waals surface area contributed by atoms with E-state index in [1.807, 2.05) is 42.5 Å². The second-order valence-corrected chi connectivity index (χ2v) is 8.12. The van der Waals surface area contributed by atoms with Crippen LogP contribution in [-0.2, 0) is 22.6 Å². The van der Waals surface area contributed by atoms with Gasteiger partial charge in [0.2, 0.25) is 0 Å². The lowest BCUT2D eigenvalue weighted by molar-refractivity contribution is -0.153. The fourth-order valence-corrected chi connectivity index (χ4v) is 4.17. The van der Waals surface area contributed by atoms with Crippen molar-refractivity contribution in [1.29, 1.82) is 5.26 Å². The van der Waals surface area contributed by atoms with Gasteiger partial charge in [-0.2, -0.15) is 5.26 Å². The molecule has 1 fully saturated rings. The van der Waals surface area contributed by atoms with Crippen LogP contribution in [0.3, 0.4) is 0 Å². The van der Waals surface area contributed by atoms with E-state index in [1.165, 1.54) is 0 Å². The molecule has 0 spiro atoms. The third-order valence-corrected chi connectivity index (χ3v) is 5.98. The number of aromatic amines is 1. The molecular weight excluding hydrogens is 434 g/mol. The van der Waals surface area contributed by atoms with Crippen LogP contribution >= 0.6 is 0 Å². The highest BCUT2D eigenvalue weighted by atomic mass is 16.5. The summed E-state index contributed by atoms with van der Waals surface area (Å²) >= 11 is 0. The lowest BCUT2D eigenvalue weighted by Crippen LogP contribution is -2.59. The summed E-state index contributed by atoms with van der Waals surface area (Å²) in [6.07, 6.45) is 2.79. The molecule has 1 amide bonds. The molecule has 2 N–H and O–H groups in total. The van der Waals surface area contributed by atoms with Crippen molar-refractivity contribution in [3.05, 3.63) is 89.5 Å². The first kappa shape index (κ1) is 23.0. The van der Waals surface area contributed by atoms with Crippen molar-refractivity contribution < 1.29 is 19.4 Å². The number of benzene rings is 2. The summed E-state index contributed by atoms with van der Waals surface area (Å²) in [6, 6.07) is 17.6. The highest BCUT2D eigenvalue weighted by Gasteiger charge is 2.39. The Kier molecular flexibility index (Phi) is 7.20. The molecule has 1 aromatic heterocycles. The van der Waals surface area contributed by atoms with Gasteiger partial charge < -0.3 is 14.8 Å². The lowest BCUT2D eigenvalue weighted by Gasteiger charge is -2.41. The van der Waals surface area contributed by atoms with E-state index >= 15 is 0 Å². The number of ether oxygens (including phenoxy) is 1. The number of carbonyl (C=O) groups is 2. The van der Waals surface area contributed by atoms with E-state index in [4.69, 9.17) is 10.00 Å². The molecule has 0 bridgehead atoms. The molecular formula is C25H25N5O4. The molecule has 1 saturated heterocycles. The molecule has 0 aliphatic carbocycles. The highest BCUT2D eigenvalue weighted by Crippen LogP contribution is 2.27. The zero-order valence-corrected chi connectivity index (χ0v) is 18.5. The van der Waals surface area contributed by atoms with Gasteiger partial charge >= 0.3 is 12.1 Å². The van der Waals surface area contributed by atoms with Gasteiger partial charge in [-0.15, -0.1) is 0 Å². The largest absolute Gasteiger partial charge is 0.465 e. The molecule has 0 radical (unpaired) electrons. The van der Waals surface area contributed by atoms with Crippen LogP contribution in [0.1, 0.15) is 28.4 Å². The summed E-state index contributed by atoms with van der Waals surface area (Å²) in [7, 11) is 0. The van der Waals surface area contributed by atoms with Crippen LogP contribution < -0.4 is 0 Å². The first-order chi connectivity index (χ1) is 16.5. The van der Waals surface area contributed by atoms with E-state index in [-0.39, 0.29) is 25.7 Å². The van der Waals surface area contributed by atoms with Crippen molar-refractivity contribution in [3.8, 4) is 6.07 Å². The fraction of sp³-hybridized carbons (Fsp3) is 0.280. The number of aromatic nitrogens is 2. The Labute approximate surface area is 197 Å². The van der Waals surface area contributed by atoms with Gasteiger partial charge in [-0.3, -0.25) is 9.80 Å². The normalized spacial score (nSPS) is 17.0. The maximum Gasteiger partial charge on any atom is 0.408 e. The van der Waals surface area contributed by atoms with Crippen molar-refractivity contribution in [2.45, 2.75) is 25.1 Å². The molecule has 2 aromatic carbocycles. The standard InChI is InChI=1S/C25H25N5O4/c26-13-19-8-6-18(7-9-19)12-22(21-14-27-17-28-21)29-10-11-30(25(32)33)23(15-29)24(31)34-16-20-4-2-1-3-5-20/h1-9,14,17,22-23H,10-12,15-16H2,(H,27,28)(H,32,33). The van der Waals surface area contributed by atoms with Gasteiger partial charge in [0.15, 0.2) is 0 Å². The zero-order chi connectivity index (χ0) is 23.9. The van der Waals surface area contributed by atoms with Crippen LogP contribution in [-0.4, -0.2) is 62.6 Å². The van der Waals surface area contributed by atoms with Crippen LogP contribution in [0.25, 0.3) is 0 Å². The van der Waals surface area contributed by atoms with Gasteiger partial charge in [0.05, 0.1) is 29.7 Å². The smallest absolute Gasteiger partial charge is 0.408 e. The molecule has 34 heavy (non-hydrogen) atoms. The Morgan fingerprint density at radius 3 is 2.56 bits per heavy atom. The molecule has 3 aromatic rings. The SMILES string of the molecule is N#Cc1ccc(CC(c2cnc[nH]2)N2CCN(C(=O)O)C(C(=O)OCc3ccccc3)C2)cc1. The summed E-state index contributed by atoms with van der Waals surface area (Å²) < 4.78 is 5.49. The number of esters is 1. The maximum atomic E-state index is 13.0. The maximum absolute atomic E-state index is 13.0. The number of carboxylic acid groups (broad SMARTS) is 1. The number of nitrogens with one attached hydrogen (secondary N) is 1. The van der Waals surface area contributed by atoms with Crippen LogP contribution in [0.15, 0.2) is 67.1 Å². The number of H-pyrrole nitrogens is 1. The summed E-state index contributed by atoms with van der Waals surface area (Å²) in [5.41, 5.74) is 3.30. The van der Waals surface area contributed by atoms with E-state index in [0.29, 0.717) is 18.5 Å². The van der Waals surface area contributed by atoms with Crippen molar-refractivity contribution in [1.82, 2.24) is 19.8 Å². The lowest BCUT2D eigenvalue weighted by atomic mass is 9.99. The second kappa shape index (κ2) is 10.6. The number of amides is 1. The van der Waals surface area contributed by atoms with Crippen LogP contribution in [0.2, 0.25) is 0 Å². The van der Waals surface area contributed by atoms with Crippen molar-refractivity contribution in [2.24, 2.45) is 0 Å². The number of piperazine rings is 1. The predicted molar refractivity (Wildman–Crippen MR) is 123 cm³/mol. The first-order valence-corrected chi connectivity index (χ1v) is 11.0. The number of rotatable bonds is 7. The van der Waals surface area contributed by atoms with Gasteiger partial charge in [0, 0.05) is 25.8 Å². The van der Waals surface area contributed by atoms with Gasteiger partial charge in [-0.25, -0.2) is 14.6 Å². The first-order valence-electron chi connectivity index (χ1n) is 11.0. The van der Waals surface area contributed by atoms with E-state index in [2.05, 4.69) is 20.9 Å². The van der Waals surface area contributed by atoms with E-state index in [1.54, 1.807) is 24.7 Å². The predicted octanol–water partition coefficient (Wildman–Crippen LogP) is 2.97. The topological polar surface area (TPSA) is 123 Å². The number of nitrogens with zero attached hydrogens (tertiary/aromatic N) is 4. The summed E-state index contributed by atoms with van der Waals surface area (Å²) in [4.78, 5) is 35.4. The van der Waals surface area contributed by atoms with Crippen LogP contribution in [0, 0.1) is 11.3 Å². The Bertz CT molecular complexity index is 1140. The van der Waals surface area contributed by atoms with E-state index in [0.717, 1.165) is 21.7 Å². The number of imidazole rings is 1. The molecule has 0 saturated carbocycles. The van der Waals surface area contributed by atoms with Crippen molar-refractivity contribution in [3.63, 3.8) is 0 Å². The van der Waals surface area contributed by atoms with Crippen LogP contribution in [0.5, 0.6) is 0 Å². The van der Waals surface area contributed by atoms with E-state index < -0.39 is 18.1 Å². The minimum atomic E-state index is -1.15. The number of carbonyl (C=O) groups excluding carboxylic acids is 1. The Morgan fingerprint density at radius 1 is 1.15 bits per heavy atom. The van der Waals surface area contributed by atoms with Gasteiger partial charge in [-0.05, 0) is 29.7 Å². The summed E-state index contributed by atoms with van der Waals surface area (Å²) in [5, 5.41) is 18.8. The molecule has 9 heteroatoms. The summed E-state index contributed by atoms with van der Waals surface area (Å²) in [5.74, 6) is -0.572. The van der Waals surface area contributed by atoms with Gasteiger partial charge in [0.1, 0.15) is 12.6 Å². The van der Waals surface area contributed by atoms with Crippen molar-refractivity contribution in [2.75, 3.05) is 19.6 Å². The Balaban J connectivity index is 1.52. The average molecular weight is 460 g/mol. The molecule has 2 heterocycles. The quantitative estimate of drug-likeness (QED) is 0.521. The minimum Gasteiger partial charge on any atom is -0.465 e.